The molecule has 2 rings (SSSR count). The summed E-state index contributed by atoms with van der Waals surface area (Å²) in [6.07, 6.45) is 0.802. The molecule has 0 spiro atoms. The van der Waals surface area contributed by atoms with Gasteiger partial charge in [-0.1, -0.05) is 23.9 Å². The summed E-state index contributed by atoms with van der Waals surface area (Å²) in [4.78, 5) is 11.9. The van der Waals surface area contributed by atoms with Gasteiger partial charge in [-0.25, -0.2) is 0 Å². The van der Waals surface area contributed by atoms with Crippen molar-refractivity contribution in [3.8, 4) is 17.1 Å². The van der Waals surface area contributed by atoms with Crippen LogP contribution in [0, 0.1) is 0 Å². The number of amides is 1. The van der Waals surface area contributed by atoms with Crippen LogP contribution in [0.2, 0.25) is 0 Å². The lowest BCUT2D eigenvalue weighted by Gasteiger charge is -2.10. The molecule has 0 atom stereocenters. The first-order chi connectivity index (χ1) is 12.2. The number of nitrogens with one attached hydrogen (secondary N) is 1. The third kappa shape index (κ3) is 5.20. The molecular formula is C17H24N4O3S. The number of rotatable bonds is 10. The Kier molecular flexibility index (Phi) is 7.75. The number of thioether (sulfide) groups is 1. The number of nitrogens with zero attached hydrogens (tertiary/aromatic N) is 3. The van der Waals surface area contributed by atoms with E-state index in [0.29, 0.717) is 25.4 Å². The number of methoxy groups -OCH3 is 2. The maximum absolute atomic E-state index is 11.9. The van der Waals surface area contributed by atoms with Crippen LogP contribution in [0.5, 0.6) is 5.75 Å². The van der Waals surface area contributed by atoms with E-state index >= 15 is 0 Å². The van der Waals surface area contributed by atoms with Crippen LogP contribution in [0.15, 0.2) is 29.4 Å². The van der Waals surface area contributed by atoms with E-state index in [4.69, 9.17) is 9.47 Å². The van der Waals surface area contributed by atoms with Crippen LogP contribution < -0.4 is 10.1 Å². The average molecular weight is 364 g/mol. The molecule has 0 saturated heterocycles. The first-order valence-corrected chi connectivity index (χ1v) is 9.14. The van der Waals surface area contributed by atoms with E-state index in [1.165, 1.54) is 11.8 Å². The monoisotopic (exact) mass is 364 g/mol. The summed E-state index contributed by atoms with van der Waals surface area (Å²) >= 11 is 1.38. The number of para-hydroxylation sites is 1. The zero-order valence-corrected chi connectivity index (χ0v) is 15.6. The second kappa shape index (κ2) is 10.0. The number of hydrogen-bond acceptors (Lipinski definition) is 6. The van der Waals surface area contributed by atoms with E-state index in [2.05, 4.69) is 15.5 Å². The second-order valence-corrected chi connectivity index (χ2v) is 6.18. The van der Waals surface area contributed by atoms with Gasteiger partial charge in [0.2, 0.25) is 5.91 Å². The molecule has 0 unspecified atom stereocenters. The van der Waals surface area contributed by atoms with E-state index in [-0.39, 0.29) is 5.91 Å². The van der Waals surface area contributed by atoms with E-state index in [1.807, 2.05) is 35.8 Å². The quantitative estimate of drug-likeness (QED) is 0.514. The van der Waals surface area contributed by atoms with Gasteiger partial charge in [0.05, 0.1) is 18.4 Å². The first kappa shape index (κ1) is 19.3. The van der Waals surface area contributed by atoms with E-state index in [1.54, 1.807) is 14.2 Å². The number of aromatic nitrogens is 3. The standard InChI is InChI=1S/C17H24N4O3S/c1-4-21-16(13-8-5-6-9-14(13)24-3)19-20-17(21)25-12-15(22)18-10-7-11-23-2/h5-6,8-9H,4,7,10-12H2,1-3H3,(H,18,22). The molecule has 136 valence electrons. The van der Waals surface area contributed by atoms with Crippen LogP contribution in [0.4, 0.5) is 0 Å². The normalized spacial score (nSPS) is 10.7. The molecule has 1 aromatic heterocycles. The maximum atomic E-state index is 11.9. The van der Waals surface area contributed by atoms with Crippen LogP contribution in [0.25, 0.3) is 11.4 Å². The summed E-state index contributed by atoms with van der Waals surface area (Å²) in [5.74, 6) is 1.77. The van der Waals surface area contributed by atoms with Crippen LogP contribution in [-0.4, -0.2) is 53.8 Å². The Balaban J connectivity index is 2.03. The fourth-order valence-corrected chi connectivity index (χ4v) is 3.17. The lowest BCUT2D eigenvalue weighted by Crippen LogP contribution is -2.27. The van der Waals surface area contributed by atoms with Gasteiger partial charge in [0.25, 0.3) is 0 Å². The highest BCUT2D eigenvalue weighted by molar-refractivity contribution is 7.99. The molecule has 1 aromatic carbocycles. The molecule has 2 aromatic rings. The van der Waals surface area contributed by atoms with Gasteiger partial charge in [-0.05, 0) is 25.5 Å². The van der Waals surface area contributed by atoms with E-state index < -0.39 is 0 Å². The molecule has 7 nitrogen and oxygen atoms in total. The summed E-state index contributed by atoms with van der Waals surface area (Å²) in [7, 11) is 3.28. The second-order valence-electron chi connectivity index (χ2n) is 5.24. The van der Waals surface area contributed by atoms with Gasteiger partial charge in [0.15, 0.2) is 11.0 Å². The van der Waals surface area contributed by atoms with Gasteiger partial charge in [-0.2, -0.15) is 0 Å². The highest BCUT2D eigenvalue weighted by Crippen LogP contribution is 2.30. The van der Waals surface area contributed by atoms with Gasteiger partial charge in [0, 0.05) is 26.8 Å². The fourth-order valence-electron chi connectivity index (χ4n) is 2.33. The van der Waals surface area contributed by atoms with Gasteiger partial charge in [0.1, 0.15) is 5.75 Å². The minimum atomic E-state index is -0.0226. The molecule has 0 aliphatic heterocycles. The smallest absolute Gasteiger partial charge is 0.230 e. The summed E-state index contributed by atoms with van der Waals surface area (Å²) in [6, 6.07) is 7.70. The molecule has 0 radical (unpaired) electrons. The molecular weight excluding hydrogens is 340 g/mol. The predicted octanol–water partition coefficient (Wildman–Crippen LogP) is 2.22. The van der Waals surface area contributed by atoms with E-state index in [0.717, 1.165) is 28.7 Å². The summed E-state index contributed by atoms with van der Waals surface area (Å²) in [6.45, 7) is 3.98. The van der Waals surface area contributed by atoms with Crippen molar-refractivity contribution in [2.45, 2.75) is 25.0 Å². The van der Waals surface area contributed by atoms with Gasteiger partial charge < -0.3 is 19.4 Å². The largest absolute Gasteiger partial charge is 0.496 e. The number of carbonyl (C=O) groups excluding carboxylic acids is 1. The summed E-state index contributed by atoms with van der Waals surface area (Å²) in [5.41, 5.74) is 0.884. The maximum Gasteiger partial charge on any atom is 0.230 e. The highest BCUT2D eigenvalue weighted by Gasteiger charge is 2.17. The highest BCUT2D eigenvalue weighted by atomic mass is 32.2. The van der Waals surface area contributed by atoms with Gasteiger partial charge in [-0.3, -0.25) is 4.79 Å². The third-order valence-electron chi connectivity index (χ3n) is 3.56. The first-order valence-electron chi connectivity index (χ1n) is 8.16. The molecule has 1 amide bonds. The van der Waals surface area contributed by atoms with Crippen molar-refractivity contribution in [1.82, 2.24) is 20.1 Å². The molecule has 1 heterocycles. The Labute approximate surface area is 152 Å². The van der Waals surface area contributed by atoms with Crippen molar-refractivity contribution in [1.29, 1.82) is 0 Å². The minimum Gasteiger partial charge on any atom is -0.496 e. The van der Waals surface area contributed by atoms with Crippen molar-refractivity contribution in [2.24, 2.45) is 0 Å². The lowest BCUT2D eigenvalue weighted by molar-refractivity contribution is -0.118. The van der Waals surface area contributed by atoms with Crippen molar-refractivity contribution in [2.75, 3.05) is 33.1 Å². The van der Waals surface area contributed by atoms with Crippen LogP contribution in [0.3, 0.4) is 0 Å². The molecule has 1 N–H and O–H groups in total. The van der Waals surface area contributed by atoms with Crippen LogP contribution in [-0.2, 0) is 16.1 Å². The number of carbonyl (C=O) groups is 1. The Morgan fingerprint density at radius 2 is 2.08 bits per heavy atom. The summed E-state index contributed by atoms with van der Waals surface area (Å²) in [5, 5.41) is 12.1. The van der Waals surface area contributed by atoms with Gasteiger partial charge >= 0.3 is 0 Å². The van der Waals surface area contributed by atoms with E-state index in [9.17, 15) is 4.79 Å². The van der Waals surface area contributed by atoms with Crippen LogP contribution in [0.1, 0.15) is 13.3 Å². The number of hydrogen-bond donors (Lipinski definition) is 1. The Bertz CT molecular complexity index is 690. The molecule has 0 aliphatic rings. The molecule has 0 aliphatic carbocycles. The Morgan fingerprint density at radius 1 is 1.28 bits per heavy atom. The third-order valence-corrected chi connectivity index (χ3v) is 4.53. The van der Waals surface area contributed by atoms with Crippen molar-refractivity contribution in [3.63, 3.8) is 0 Å². The van der Waals surface area contributed by atoms with Crippen molar-refractivity contribution >= 4 is 17.7 Å². The topological polar surface area (TPSA) is 78.3 Å². The molecule has 0 bridgehead atoms. The SMILES string of the molecule is CCn1c(SCC(=O)NCCCOC)nnc1-c1ccccc1OC. The molecule has 8 heteroatoms. The number of benzene rings is 1. The van der Waals surface area contributed by atoms with Crippen LogP contribution >= 0.6 is 11.8 Å². The molecule has 0 saturated carbocycles. The lowest BCUT2D eigenvalue weighted by atomic mass is 10.2. The number of ether oxygens (including phenoxy) is 2. The van der Waals surface area contributed by atoms with Crippen molar-refractivity contribution in [3.05, 3.63) is 24.3 Å². The average Bonchev–Trinajstić information content (AvgIpc) is 3.06. The van der Waals surface area contributed by atoms with Crippen molar-refractivity contribution < 1.29 is 14.3 Å². The Hall–Kier alpha value is -2.06. The molecule has 0 fully saturated rings. The summed E-state index contributed by atoms with van der Waals surface area (Å²) < 4.78 is 12.4. The molecule has 25 heavy (non-hydrogen) atoms. The van der Waals surface area contributed by atoms with Gasteiger partial charge in [-0.15, -0.1) is 10.2 Å². The predicted molar refractivity (Wildman–Crippen MR) is 97.9 cm³/mol. The minimum absolute atomic E-state index is 0.0226. The Morgan fingerprint density at radius 3 is 2.80 bits per heavy atom. The zero-order chi connectivity index (χ0) is 18.1. The zero-order valence-electron chi connectivity index (χ0n) is 14.8. The fraction of sp³-hybridized carbons (Fsp3) is 0.471.